The van der Waals surface area contributed by atoms with Crippen molar-refractivity contribution in [3.63, 3.8) is 0 Å². The second kappa shape index (κ2) is 9.03. The molecule has 0 saturated carbocycles. The third-order valence-electron chi connectivity index (χ3n) is 5.46. The molecule has 1 aliphatic rings. The molecule has 160 valence electrons. The summed E-state index contributed by atoms with van der Waals surface area (Å²) in [5.41, 5.74) is 5.28. The van der Waals surface area contributed by atoms with Gasteiger partial charge in [0.15, 0.2) is 0 Å². The Morgan fingerprint density at radius 2 is 2.06 bits per heavy atom. The molecule has 0 fully saturated rings. The number of nitriles is 1. The zero-order valence-electron chi connectivity index (χ0n) is 17.9. The van der Waals surface area contributed by atoms with E-state index < -0.39 is 0 Å². The molecule has 4 rings (SSSR count). The molecule has 6 heteroatoms. The lowest BCUT2D eigenvalue weighted by molar-refractivity contribution is 0.0784. The van der Waals surface area contributed by atoms with E-state index in [1.165, 1.54) is 12.1 Å². The van der Waals surface area contributed by atoms with Gasteiger partial charge in [0.25, 0.3) is 5.91 Å². The number of amides is 1. The topological polar surface area (TPSA) is 65.7 Å². The molecule has 0 N–H and O–H groups in total. The van der Waals surface area contributed by atoms with Crippen LogP contribution in [0.2, 0.25) is 0 Å². The van der Waals surface area contributed by atoms with Crippen molar-refractivity contribution in [3.8, 4) is 22.9 Å². The number of carbonyl (C=O) groups excluding carboxylic acids is 1. The SMILES string of the molecule is CCOc1cc(C(=O)N(C)Cc2ccc(C#N)c3c2CN=C3)ccc1-c1cccc(F)c1. The molecule has 3 aromatic carbocycles. The molecule has 1 heterocycles. The Bertz CT molecular complexity index is 1260. The van der Waals surface area contributed by atoms with Gasteiger partial charge in [0, 0.05) is 36.5 Å². The predicted octanol–water partition coefficient (Wildman–Crippen LogP) is 4.97. The van der Waals surface area contributed by atoms with Crippen molar-refractivity contribution in [3.05, 3.63) is 88.2 Å². The molecule has 1 amide bonds. The standard InChI is InChI=1S/C26H22FN3O2/c1-3-32-25-12-18(9-10-22(25)17-5-4-6-21(27)11-17)26(31)30(2)16-20-8-7-19(13-28)23-14-29-15-24(20)23/h4-12,14H,3,15-16H2,1-2H3. The van der Waals surface area contributed by atoms with Crippen molar-refractivity contribution in [1.29, 1.82) is 5.26 Å². The molecule has 32 heavy (non-hydrogen) atoms. The third-order valence-corrected chi connectivity index (χ3v) is 5.46. The minimum absolute atomic E-state index is 0.159. The summed E-state index contributed by atoms with van der Waals surface area (Å²) in [7, 11) is 1.74. The molecule has 0 atom stereocenters. The van der Waals surface area contributed by atoms with E-state index in [1.807, 2.05) is 19.1 Å². The Kier molecular flexibility index (Phi) is 6.00. The second-order valence-corrected chi connectivity index (χ2v) is 7.56. The monoisotopic (exact) mass is 427 g/mol. The van der Waals surface area contributed by atoms with Gasteiger partial charge in [0.2, 0.25) is 0 Å². The Labute approximate surface area is 186 Å². The van der Waals surface area contributed by atoms with Gasteiger partial charge in [-0.15, -0.1) is 0 Å². The van der Waals surface area contributed by atoms with Crippen LogP contribution in [0, 0.1) is 17.1 Å². The van der Waals surface area contributed by atoms with E-state index in [9.17, 15) is 14.4 Å². The molecule has 5 nitrogen and oxygen atoms in total. The largest absolute Gasteiger partial charge is 0.493 e. The first-order valence-corrected chi connectivity index (χ1v) is 10.3. The first kappa shape index (κ1) is 21.3. The summed E-state index contributed by atoms with van der Waals surface area (Å²) in [6, 6.07) is 17.3. The molecule has 0 radical (unpaired) electrons. The van der Waals surface area contributed by atoms with Gasteiger partial charge in [-0.3, -0.25) is 9.79 Å². The molecule has 0 aromatic heterocycles. The van der Waals surface area contributed by atoms with Crippen LogP contribution in [0.3, 0.4) is 0 Å². The maximum absolute atomic E-state index is 13.7. The van der Waals surface area contributed by atoms with Crippen molar-refractivity contribution in [2.45, 2.75) is 20.0 Å². The first-order valence-electron chi connectivity index (χ1n) is 10.3. The lowest BCUT2D eigenvalue weighted by atomic mass is 9.98. The van der Waals surface area contributed by atoms with Crippen LogP contribution in [0.5, 0.6) is 5.75 Å². The number of hydrogen-bond donors (Lipinski definition) is 0. The molecule has 0 saturated heterocycles. The van der Waals surface area contributed by atoms with E-state index in [0.717, 1.165) is 22.3 Å². The third kappa shape index (κ3) is 4.10. The van der Waals surface area contributed by atoms with Gasteiger partial charge in [-0.1, -0.05) is 18.2 Å². The van der Waals surface area contributed by atoms with Crippen LogP contribution >= 0.6 is 0 Å². The number of carbonyl (C=O) groups is 1. The lowest BCUT2D eigenvalue weighted by Gasteiger charge is -2.20. The van der Waals surface area contributed by atoms with Crippen LogP contribution in [0.4, 0.5) is 4.39 Å². The summed E-state index contributed by atoms with van der Waals surface area (Å²) < 4.78 is 19.5. The quantitative estimate of drug-likeness (QED) is 0.558. The first-order chi connectivity index (χ1) is 15.5. The molecule has 3 aromatic rings. The van der Waals surface area contributed by atoms with Crippen LogP contribution in [0.15, 0.2) is 59.6 Å². The highest BCUT2D eigenvalue weighted by Crippen LogP contribution is 2.32. The number of fused-ring (bicyclic) bond motifs is 1. The average molecular weight is 427 g/mol. The molecule has 1 aliphatic heterocycles. The minimum atomic E-state index is -0.330. The number of aliphatic imine (C=N–C) groups is 1. The van der Waals surface area contributed by atoms with Crippen LogP contribution in [-0.4, -0.2) is 30.7 Å². The Balaban J connectivity index is 1.60. The van der Waals surface area contributed by atoms with Crippen molar-refractivity contribution in [2.75, 3.05) is 13.7 Å². The number of benzene rings is 3. The van der Waals surface area contributed by atoms with Crippen molar-refractivity contribution < 1.29 is 13.9 Å². The predicted molar refractivity (Wildman–Crippen MR) is 121 cm³/mol. The zero-order valence-corrected chi connectivity index (χ0v) is 17.9. The van der Waals surface area contributed by atoms with E-state index in [-0.39, 0.29) is 11.7 Å². The van der Waals surface area contributed by atoms with Crippen LogP contribution in [0.25, 0.3) is 11.1 Å². The van der Waals surface area contributed by atoms with Crippen molar-refractivity contribution in [1.82, 2.24) is 4.90 Å². The van der Waals surface area contributed by atoms with Gasteiger partial charge in [-0.25, -0.2) is 4.39 Å². The Morgan fingerprint density at radius 3 is 2.81 bits per heavy atom. The van der Waals surface area contributed by atoms with E-state index >= 15 is 0 Å². The van der Waals surface area contributed by atoms with Gasteiger partial charge in [0.1, 0.15) is 11.6 Å². The van der Waals surface area contributed by atoms with Gasteiger partial charge >= 0.3 is 0 Å². The van der Waals surface area contributed by atoms with Gasteiger partial charge in [-0.05, 0) is 60.0 Å². The number of nitrogens with zero attached hydrogens (tertiary/aromatic N) is 3. The minimum Gasteiger partial charge on any atom is -0.493 e. The summed E-state index contributed by atoms with van der Waals surface area (Å²) in [4.78, 5) is 19.1. The van der Waals surface area contributed by atoms with E-state index in [1.54, 1.807) is 48.5 Å². The van der Waals surface area contributed by atoms with Crippen molar-refractivity contribution >= 4 is 12.1 Å². The Hall–Kier alpha value is -3.98. The maximum atomic E-state index is 13.7. The summed E-state index contributed by atoms with van der Waals surface area (Å²) in [5.74, 6) is 0.0440. The molecule has 0 aliphatic carbocycles. The van der Waals surface area contributed by atoms with Crippen LogP contribution < -0.4 is 4.74 Å². The summed E-state index contributed by atoms with van der Waals surface area (Å²) >= 11 is 0. The molecule has 0 bridgehead atoms. The zero-order chi connectivity index (χ0) is 22.7. The van der Waals surface area contributed by atoms with Crippen LogP contribution in [0.1, 0.15) is 39.5 Å². The maximum Gasteiger partial charge on any atom is 0.254 e. The summed E-state index contributed by atoms with van der Waals surface area (Å²) in [6.45, 7) is 3.20. The fraction of sp³-hybridized carbons (Fsp3) is 0.192. The van der Waals surface area contributed by atoms with Gasteiger partial charge in [0.05, 0.1) is 24.8 Å². The number of ether oxygens (including phenoxy) is 1. The summed E-state index contributed by atoms with van der Waals surface area (Å²) in [5, 5.41) is 9.29. The fourth-order valence-electron chi connectivity index (χ4n) is 3.89. The number of halogens is 1. The highest BCUT2D eigenvalue weighted by Gasteiger charge is 2.20. The lowest BCUT2D eigenvalue weighted by Crippen LogP contribution is -2.26. The molecular formula is C26H22FN3O2. The normalized spacial score (nSPS) is 11.7. The Morgan fingerprint density at radius 1 is 1.22 bits per heavy atom. The average Bonchev–Trinajstić information content (AvgIpc) is 3.29. The highest BCUT2D eigenvalue weighted by molar-refractivity contribution is 5.95. The van der Waals surface area contributed by atoms with Gasteiger partial charge < -0.3 is 9.64 Å². The fourth-order valence-corrected chi connectivity index (χ4v) is 3.89. The number of rotatable bonds is 6. The van der Waals surface area contributed by atoms with Crippen LogP contribution in [-0.2, 0) is 13.1 Å². The van der Waals surface area contributed by atoms with Crippen molar-refractivity contribution in [2.24, 2.45) is 4.99 Å². The number of hydrogen-bond acceptors (Lipinski definition) is 4. The van der Waals surface area contributed by atoms with E-state index in [4.69, 9.17) is 4.74 Å². The molecular weight excluding hydrogens is 405 g/mol. The second-order valence-electron chi connectivity index (χ2n) is 7.56. The summed E-state index contributed by atoms with van der Waals surface area (Å²) in [6.07, 6.45) is 1.72. The molecule has 0 spiro atoms. The van der Waals surface area contributed by atoms with Gasteiger partial charge in [-0.2, -0.15) is 5.26 Å². The molecule has 0 unspecified atom stereocenters. The van der Waals surface area contributed by atoms with E-state index in [0.29, 0.717) is 42.1 Å². The van der Waals surface area contributed by atoms with E-state index in [2.05, 4.69) is 11.1 Å². The highest BCUT2D eigenvalue weighted by atomic mass is 19.1. The smallest absolute Gasteiger partial charge is 0.254 e.